The minimum Gasteiger partial charge on any atom is -0.347 e. The summed E-state index contributed by atoms with van der Waals surface area (Å²) in [6, 6.07) is 16.1. The van der Waals surface area contributed by atoms with Crippen molar-refractivity contribution in [2.75, 3.05) is 11.6 Å². The van der Waals surface area contributed by atoms with Gasteiger partial charge in [-0.25, -0.2) is 4.68 Å². The summed E-state index contributed by atoms with van der Waals surface area (Å²) >= 11 is 14.1. The fourth-order valence-corrected chi connectivity index (χ4v) is 4.06. The van der Waals surface area contributed by atoms with E-state index < -0.39 is 0 Å². The molecule has 0 bridgehead atoms. The minimum absolute atomic E-state index is 0.000349. The maximum atomic E-state index is 6.49. The van der Waals surface area contributed by atoms with Crippen LogP contribution in [0.2, 0.25) is 10.0 Å². The highest BCUT2D eigenvalue weighted by atomic mass is 35.5. The van der Waals surface area contributed by atoms with Crippen LogP contribution in [0, 0.1) is 0 Å². The van der Waals surface area contributed by atoms with Gasteiger partial charge in [0, 0.05) is 10.0 Å². The zero-order valence-corrected chi connectivity index (χ0v) is 15.8. The van der Waals surface area contributed by atoms with Crippen LogP contribution in [-0.4, -0.2) is 21.0 Å². The van der Waals surface area contributed by atoms with E-state index in [0.29, 0.717) is 10.0 Å². The molecule has 1 aliphatic heterocycles. The largest absolute Gasteiger partial charge is 0.347 e. The van der Waals surface area contributed by atoms with Crippen LogP contribution in [0.15, 0.2) is 53.7 Å². The van der Waals surface area contributed by atoms with Crippen LogP contribution in [-0.2, 0) is 0 Å². The van der Waals surface area contributed by atoms with Crippen molar-refractivity contribution in [3.05, 3.63) is 69.7 Å². The summed E-state index contributed by atoms with van der Waals surface area (Å²) in [7, 11) is 0. The predicted molar refractivity (Wildman–Crippen MR) is 104 cm³/mol. The number of nitrogens with zero attached hydrogens (tertiary/aromatic N) is 3. The van der Waals surface area contributed by atoms with Crippen LogP contribution in [0.4, 0.5) is 5.95 Å². The lowest BCUT2D eigenvalue weighted by Gasteiger charge is -2.32. The van der Waals surface area contributed by atoms with E-state index in [1.807, 2.05) is 41.3 Å². The Morgan fingerprint density at radius 1 is 1.16 bits per heavy atom. The van der Waals surface area contributed by atoms with Crippen molar-refractivity contribution < 1.29 is 0 Å². The van der Waals surface area contributed by atoms with Gasteiger partial charge in [-0.2, -0.15) is 4.98 Å². The first kappa shape index (κ1) is 16.8. The van der Waals surface area contributed by atoms with Gasteiger partial charge in [0.05, 0.1) is 12.1 Å². The highest BCUT2D eigenvalue weighted by molar-refractivity contribution is 7.98. The third-order valence-electron chi connectivity index (χ3n) is 4.38. The number of nitrogens with one attached hydrogen (secondary N) is 1. The summed E-state index contributed by atoms with van der Waals surface area (Å²) in [6.07, 6.45) is 2.80. The van der Waals surface area contributed by atoms with Crippen LogP contribution in [0.3, 0.4) is 0 Å². The van der Waals surface area contributed by atoms with E-state index in [1.54, 1.807) is 6.07 Å². The average molecular weight is 391 g/mol. The first-order valence-electron chi connectivity index (χ1n) is 7.92. The monoisotopic (exact) mass is 390 g/mol. The Morgan fingerprint density at radius 2 is 1.96 bits per heavy atom. The molecule has 7 heteroatoms. The molecule has 4 nitrogen and oxygen atoms in total. The normalized spacial score (nSPS) is 19.3. The molecule has 2 heterocycles. The molecular weight excluding hydrogens is 375 g/mol. The number of thioether (sulfide) groups is 1. The van der Waals surface area contributed by atoms with Crippen molar-refractivity contribution in [1.29, 1.82) is 0 Å². The molecule has 4 rings (SSSR count). The van der Waals surface area contributed by atoms with Crippen molar-refractivity contribution in [2.24, 2.45) is 0 Å². The van der Waals surface area contributed by atoms with Gasteiger partial charge in [-0.05, 0) is 35.9 Å². The molecule has 2 aromatic carbocycles. The van der Waals surface area contributed by atoms with Gasteiger partial charge >= 0.3 is 0 Å². The Balaban J connectivity index is 1.80. The van der Waals surface area contributed by atoms with Crippen molar-refractivity contribution in [1.82, 2.24) is 14.8 Å². The van der Waals surface area contributed by atoms with E-state index in [1.165, 1.54) is 17.3 Å². The Bertz CT molecular complexity index is 897. The van der Waals surface area contributed by atoms with Crippen molar-refractivity contribution >= 4 is 40.9 Å². The zero-order valence-electron chi connectivity index (χ0n) is 13.5. The van der Waals surface area contributed by atoms with Gasteiger partial charge in [0.2, 0.25) is 11.1 Å². The number of halogens is 2. The van der Waals surface area contributed by atoms with Gasteiger partial charge in [0.1, 0.15) is 0 Å². The van der Waals surface area contributed by atoms with Gasteiger partial charge in [-0.1, -0.05) is 71.4 Å². The third kappa shape index (κ3) is 3.24. The molecule has 25 heavy (non-hydrogen) atoms. The number of anilines is 1. The van der Waals surface area contributed by atoms with Gasteiger partial charge in [-0.3, -0.25) is 0 Å². The van der Waals surface area contributed by atoms with E-state index in [0.717, 1.165) is 23.1 Å². The molecule has 128 valence electrons. The fourth-order valence-electron chi connectivity index (χ4n) is 3.18. The molecule has 0 radical (unpaired) electrons. The second-order valence-electron chi connectivity index (χ2n) is 5.89. The molecule has 0 fully saturated rings. The molecule has 3 aromatic rings. The van der Waals surface area contributed by atoms with E-state index in [2.05, 4.69) is 27.5 Å². The third-order valence-corrected chi connectivity index (χ3v) is 5.48. The first-order chi connectivity index (χ1) is 12.2. The van der Waals surface area contributed by atoms with Crippen molar-refractivity contribution in [2.45, 2.75) is 23.7 Å². The van der Waals surface area contributed by atoms with Gasteiger partial charge in [0.15, 0.2) is 0 Å². The molecule has 1 aromatic heterocycles. The quantitative estimate of drug-likeness (QED) is 0.603. The summed E-state index contributed by atoms with van der Waals surface area (Å²) in [6.45, 7) is 0. The number of rotatable bonds is 3. The van der Waals surface area contributed by atoms with E-state index in [4.69, 9.17) is 23.2 Å². The molecule has 0 saturated heterocycles. The Labute approximate surface area is 160 Å². The Hall–Kier alpha value is -1.69. The molecule has 0 saturated carbocycles. The number of hydrogen-bond acceptors (Lipinski definition) is 4. The average Bonchev–Trinajstić information content (AvgIpc) is 3.05. The number of fused-ring (bicyclic) bond motifs is 1. The van der Waals surface area contributed by atoms with E-state index in [9.17, 15) is 0 Å². The summed E-state index contributed by atoms with van der Waals surface area (Å²) in [5.41, 5.74) is 2.23. The van der Waals surface area contributed by atoms with Gasteiger partial charge in [-0.15, -0.1) is 5.10 Å². The van der Waals surface area contributed by atoms with E-state index >= 15 is 0 Å². The standard InChI is InChI=1S/C18H16Cl2N4S/c1-25-18-22-17-21-15(11-5-3-2-4-6-11)10-16(24(17)23-18)13-8-7-12(19)9-14(13)20/h2-9,15-16H,10H2,1H3,(H,21,22,23)/t15-,16-/m0/s1. The van der Waals surface area contributed by atoms with Crippen LogP contribution in [0.25, 0.3) is 0 Å². The lowest BCUT2D eigenvalue weighted by Crippen LogP contribution is -2.28. The van der Waals surface area contributed by atoms with Crippen molar-refractivity contribution in [3.8, 4) is 0 Å². The number of benzene rings is 2. The molecule has 0 aliphatic carbocycles. The SMILES string of the molecule is CSc1nc2n(n1)[C@H](c1ccc(Cl)cc1Cl)C[C@@H](c1ccccc1)N2. The van der Waals surface area contributed by atoms with Crippen LogP contribution in [0.1, 0.15) is 29.6 Å². The van der Waals surface area contributed by atoms with Gasteiger partial charge < -0.3 is 5.32 Å². The molecule has 1 N–H and O–H groups in total. The smallest absolute Gasteiger partial charge is 0.223 e. The molecule has 0 spiro atoms. The molecule has 0 amide bonds. The lowest BCUT2D eigenvalue weighted by molar-refractivity contribution is 0.427. The maximum Gasteiger partial charge on any atom is 0.223 e. The highest BCUT2D eigenvalue weighted by Gasteiger charge is 2.32. The summed E-state index contributed by atoms with van der Waals surface area (Å²) < 4.78 is 1.93. The minimum atomic E-state index is -0.000349. The summed E-state index contributed by atoms with van der Waals surface area (Å²) in [4.78, 5) is 4.60. The predicted octanol–water partition coefficient (Wildman–Crippen LogP) is 5.45. The topological polar surface area (TPSA) is 42.7 Å². The van der Waals surface area contributed by atoms with E-state index in [-0.39, 0.29) is 12.1 Å². The Kier molecular flexibility index (Phi) is 4.63. The maximum absolute atomic E-state index is 6.49. The second-order valence-corrected chi connectivity index (χ2v) is 7.51. The van der Waals surface area contributed by atoms with Crippen LogP contribution in [0.5, 0.6) is 0 Å². The summed E-state index contributed by atoms with van der Waals surface area (Å²) in [5, 5.41) is 10.2. The van der Waals surface area contributed by atoms with Crippen LogP contribution >= 0.6 is 35.0 Å². The highest BCUT2D eigenvalue weighted by Crippen LogP contribution is 2.40. The molecule has 2 atom stereocenters. The molecule has 1 aliphatic rings. The zero-order chi connectivity index (χ0) is 17.4. The summed E-state index contributed by atoms with van der Waals surface area (Å²) in [5.74, 6) is 0.764. The molecule has 0 unspecified atom stereocenters. The first-order valence-corrected chi connectivity index (χ1v) is 9.90. The molecular formula is C18H16Cl2N4S. The number of aromatic nitrogens is 3. The van der Waals surface area contributed by atoms with Crippen LogP contribution < -0.4 is 5.32 Å². The second kappa shape index (κ2) is 6.90. The van der Waals surface area contributed by atoms with Gasteiger partial charge in [0.25, 0.3) is 0 Å². The van der Waals surface area contributed by atoms with Crippen molar-refractivity contribution in [3.63, 3.8) is 0 Å². The Morgan fingerprint density at radius 3 is 2.68 bits per heavy atom. The number of hydrogen-bond donors (Lipinski definition) is 1. The fraction of sp³-hybridized carbons (Fsp3) is 0.222. The lowest BCUT2D eigenvalue weighted by atomic mass is 9.93.